The van der Waals surface area contributed by atoms with Gasteiger partial charge in [0, 0.05) is 0 Å². The number of carbonyl (C=O) groups is 1. The van der Waals surface area contributed by atoms with Crippen molar-refractivity contribution in [3.05, 3.63) is 35.4 Å². The van der Waals surface area contributed by atoms with Gasteiger partial charge in [-0.1, -0.05) is 18.2 Å². The molecule has 2 rings (SSSR count). The number of benzene rings is 1. The van der Waals surface area contributed by atoms with E-state index in [0.717, 1.165) is 5.56 Å². The lowest BCUT2D eigenvalue weighted by Gasteiger charge is -2.34. The standard InChI is InChI=1S/C12H17N3O3/c1-17-12(16)8-5-3-2-4-7(8)9-6-18-11(14)10(13)15-9/h2-5,9-11,15H,6,13-14H2,1H3. The van der Waals surface area contributed by atoms with Crippen LogP contribution in [0, 0.1) is 0 Å². The molecule has 1 aromatic carbocycles. The van der Waals surface area contributed by atoms with Gasteiger partial charge >= 0.3 is 5.97 Å². The fourth-order valence-corrected chi connectivity index (χ4v) is 1.96. The van der Waals surface area contributed by atoms with E-state index in [1.54, 1.807) is 12.1 Å². The van der Waals surface area contributed by atoms with Crippen LogP contribution in [0.25, 0.3) is 0 Å². The van der Waals surface area contributed by atoms with E-state index in [-0.39, 0.29) is 12.0 Å². The third kappa shape index (κ3) is 2.51. The first kappa shape index (κ1) is 13.0. The number of esters is 1. The zero-order chi connectivity index (χ0) is 13.1. The van der Waals surface area contributed by atoms with E-state index < -0.39 is 12.4 Å². The Labute approximate surface area is 105 Å². The molecular formula is C12H17N3O3. The minimum Gasteiger partial charge on any atom is -0.465 e. The molecule has 3 unspecified atom stereocenters. The van der Waals surface area contributed by atoms with E-state index in [9.17, 15) is 4.79 Å². The Morgan fingerprint density at radius 1 is 1.44 bits per heavy atom. The van der Waals surface area contributed by atoms with Crippen LogP contribution in [0.1, 0.15) is 22.0 Å². The topological polar surface area (TPSA) is 99.6 Å². The minimum absolute atomic E-state index is 0.171. The Balaban J connectivity index is 2.25. The number of ether oxygens (including phenoxy) is 2. The largest absolute Gasteiger partial charge is 0.465 e. The molecule has 0 aromatic heterocycles. The van der Waals surface area contributed by atoms with Crippen molar-refractivity contribution in [1.82, 2.24) is 5.32 Å². The number of hydrogen-bond acceptors (Lipinski definition) is 6. The molecule has 5 N–H and O–H groups in total. The highest BCUT2D eigenvalue weighted by Crippen LogP contribution is 2.22. The Hall–Kier alpha value is -1.47. The quantitative estimate of drug-likeness (QED) is 0.624. The minimum atomic E-state index is -0.536. The average Bonchev–Trinajstić information content (AvgIpc) is 2.41. The first-order valence-electron chi connectivity index (χ1n) is 5.69. The van der Waals surface area contributed by atoms with Crippen LogP contribution in [0.2, 0.25) is 0 Å². The van der Waals surface area contributed by atoms with Gasteiger partial charge in [-0.2, -0.15) is 0 Å². The number of carbonyl (C=O) groups excluding carboxylic acids is 1. The Kier molecular flexibility index (Phi) is 3.93. The number of hydrogen-bond donors (Lipinski definition) is 3. The lowest BCUT2D eigenvalue weighted by molar-refractivity contribution is -0.0230. The van der Waals surface area contributed by atoms with Gasteiger partial charge in [-0.25, -0.2) is 4.79 Å². The molecule has 18 heavy (non-hydrogen) atoms. The summed E-state index contributed by atoms with van der Waals surface area (Å²) in [6.07, 6.45) is -0.999. The second-order valence-corrected chi connectivity index (χ2v) is 4.12. The van der Waals surface area contributed by atoms with Crippen molar-refractivity contribution in [2.24, 2.45) is 11.5 Å². The second-order valence-electron chi connectivity index (χ2n) is 4.12. The predicted octanol–water partition coefficient (Wildman–Crippen LogP) is -0.296. The van der Waals surface area contributed by atoms with Crippen molar-refractivity contribution in [1.29, 1.82) is 0 Å². The third-order valence-electron chi connectivity index (χ3n) is 2.94. The molecule has 1 saturated heterocycles. The molecule has 1 heterocycles. The van der Waals surface area contributed by atoms with Crippen molar-refractivity contribution >= 4 is 5.97 Å². The van der Waals surface area contributed by atoms with Gasteiger partial charge in [0.15, 0.2) is 0 Å². The summed E-state index contributed by atoms with van der Waals surface area (Å²) in [6, 6.07) is 7.02. The maximum Gasteiger partial charge on any atom is 0.338 e. The Bertz CT molecular complexity index is 438. The van der Waals surface area contributed by atoms with E-state index in [2.05, 4.69) is 5.32 Å². The van der Waals surface area contributed by atoms with Crippen molar-refractivity contribution in [3.8, 4) is 0 Å². The van der Waals surface area contributed by atoms with Gasteiger partial charge in [0.25, 0.3) is 0 Å². The summed E-state index contributed by atoms with van der Waals surface area (Å²) >= 11 is 0. The first-order chi connectivity index (χ1) is 8.63. The molecule has 6 nitrogen and oxygen atoms in total. The van der Waals surface area contributed by atoms with Crippen LogP contribution >= 0.6 is 0 Å². The molecule has 1 aliphatic heterocycles. The molecule has 0 aliphatic carbocycles. The molecule has 1 aromatic rings. The van der Waals surface area contributed by atoms with Gasteiger partial charge < -0.3 is 20.9 Å². The van der Waals surface area contributed by atoms with Crippen molar-refractivity contribution in [3.63, 3.8) is 0 Å². The molecule has 6 heteroatoms. The van der Waals surface area contributed by atoms with Gasteiger partial charge in [0.1, 0.15) is 6.23 Å². The molecule has 0 amide bonds. The zero-order valence-corrected chi connectivity index (χ0v) is 10.1. The number of methoxy groups -OCH3 is 1. The van der Waals surface area contributed by atoms with Crippen LogP contribution < -0.4 is 16.8 Å². The highest BCUT2D eigenvalue weighted by Gasteiger charge is 2.28. The van der Waals surface area contributed by atoms with Crippen molar-refractivity contribution in [2.45, 2.75) is 18.4 Å². The second kappa shape index (κ2) is 5.45. The normalized spacial score (nSPS) is 27.8. The molecule has 1 fully saturated rings. The lowest BCUT2D eigenvalue weighted by Crippen LogP contribution is -2.58. The molecule has 0 spiro atoms. The summed E-state index contributed by atoms with van der Waals surface area (Å²) in [5, 5.41) is 3.12. The molecule has 1 aliphatic rings. The van der Waals surface area contributed by atoms with E-state index in [4.69, 9.17) is 20.9 Å². The van der Waals surface area contributed by atoms with Crippen LogP contribution in [-0.4, -0.2) is 32.1 Å². The number of morpholine rings is 1. The number of nitrogens with one attached hydrogen (secondary N) is 1. The van der Waals surface area contributed by atoms with Crippen LogP contribution in [0.5, 0.6) is 0 Å². The fraction of sp³-hybridized carbons (Fsp3) is 0.417. The summed E-state index contributed by atoms with van der Waals surface area (Å²) in [4.78, 5) is 11.7. The SMILES string of the molecule is COC(=O)c1ccccc1C1COC(N)C(N)N1. The van der Waals surface area contributed by atoms with E-state index in [0.29, 0.717) is 12.2 Å². The molecule has 0 bridgehead atoms. The van der Waals surface area contributed by atoms with Crippen molar-refractivity contribution < 1.29 is 14.3 Å². The maximum absolute atomic E-state index is 11.7. The average molecular weight is 251 g/mol. The van der Waals surface area contributed by atoms with E-state index in [1.807, 2.05) is 12.1 Å². The highest BCUT2D eigenvalue weighted by atomic mass is 16.5. The third-order valence-corrected chi connectivity index (χ3v) is 2.94. The monoisotopic (exact) mass is 251 g/mol. The summed E-state index contributed by atoms with van der Waals surface area (Å²) in [5.74, 6) is -0.379. The van der Waals surface area contributed by atoms with Crippen LogP contribution in [0.3, 0.4) is 0 Å². The summed E-state index contributed by atoms with van der Waals surface area (Å²) in [7, 11) is 1.35. The summed E-state index contributed by atoms with van der Waals surface area (Å²) < 4.78 is 10.1. The van der Waals surface area contributed by atoms with Crippen LogP contribution in [0.15, 0.2) is 24.3 Å². The van der Waals surface area contributed by atoms with Gasteiger partial charge in [0.05, 0.1) is 31.5 Å². The highest BCUT2D eigenvalue weighted by molar-refractivity contribution is 5.91. The summed E-state index contributed by atoms with van der Waals surface area (Å²) in [5.41, 5.74) is 12.7. The van der Waals surface area contributed by atoms with Gasteiger partial charge in [-0.3, -0.25) is 5.32 Å². The first-order valence-corrected chi connectivity index (χ1v) is 5.69. The Morgan fingerprint density at radius 2 is 2.17 bits per heavy atom. The Morgan fingerprint density at radius 3 is 2.83 bits per heavy atom. The van der Waals surface area contributed by atoms with Crippen LogP contribution in [0.4, 0.5) is 0 Å². The molecular weight excluding hydrogens is 234 g/mol. The van der Waals surface area contributed by atoms with E-state index in [1.165, 1.54) is 7.11 Å². The van der Waals surface area contributed by atoms with Gasteiger partial charge in [0.2, 0.25) is 0 Å². The molecule has 98 valence electrons. The zero-order valence-electron chi connectivity index (χ0n) is 10.1. The smallest absolute Gasteiger partial charge is 0.338 e. The fourth-order valence-electron chi connectivity index (χ4n) is 1.96. The summed E-state index contributed by atoms with van der Waals surface area (Å²) in [6.45, 7) is 0.364. The van der Waals surface area contributed by atoms with Crippen LogP contribution in [-0.2, 0) is 9.47 Å². The number of nitrogens with two attached hydrogens (primary N) is 2. The van der Waals surface area contributed by atoms with E-state index >= 15 is 0 Å². The van der Waals surface area contributed by atoms with Gasteiger partial charge in [-0.05, 0) is 11.6 Å². The van der Waals surface area contributed by atoms with Gasteiger partial charge in [-0.15, -0.1) is 0 Å². The molecule has 0 radical (unpaired) electrons. The number of rotatable bonds is 2. The molecule has 0 saturated carbocycles. The lowest BCUT2D eigenvalue weighted by atomic mass is 9.99. The van der Waals surface area contributed by atoms with Crippen molar-refractivity contribution in [2.75, 3.05) is 13.7 Å². The maximum atomic E-state index is 11.7. The predicted molar refractivity (Wildman–Crippen MR) is 65.6 cm³/mol. The molecule has 3 atom stereocenters.